The largest absolute Gasteiger partial charge is 0.350 e. The highest BCUT2D eigenvalue weighted by Crippen LogP contribution is 2.11. The first-order valence-electron chi connectivity index (χ1n) is 4.40. The van der Waals surface area contributed by atoms with Crippen LogP contribution >= 0.6 is 0 Å². The third-order valence-electron chi connectivity index (χ3n) is 1.74. The molecule has 0 aromatic heterocycles. The summed E-state index contributed by atoms with van der Waals surface area (Å²) in [6.45, 7) is 0. The molecule has 2 amide bonds. The summed E-state index contributed by atoms with van der Waals surface area (Å²) in [6, 6.07) is 5.32. The highest BCUT2D eigenvalue weighted by Gasteiger charge is 2.02. The molecule has 3 N–H and O–H groups in total. The number of nitrogens with two attached hydrogens (primary N) is 1. The van der Waals surface area contributed by atoms with Crippen molar-refractivity contribution in [3.8, 4) is 0 Å². The highest BCUT2D eigenvalue weighted by molar-refractivity contribution is 5.73. The average Bonchev–Trinajstić information content (AvgIpc) is 2.25. The number of hydrogen-bond donors (Lipinski definition) is 2. The molecular weight excluding hydrogens is 212 g/mol. The number of non-ortho nitro benzene ring substituents is 1. The van der Waals surface area contributed by atoms with Crippen molar-refractivity contribution >= 4 is 17.9 Å². The molecule has 0 aliphatic carbocycles. The number of carbonyl (C=O) groups is 1. The molecule has 0 aliphatic heterocycles. The number of rotatable bonds is 4. The van der Waals surface area contributed by atoms with E-state index in [1.54, 1.807) is 12.1 Å². The van der Waals surface area contributed by atoms with E-state index in [4.69, 9.17) is 5.73 Å². The van der Waals surface area contributed by atoms with E-state index < -0.39 is 11.0 Å². The fourth-order valence-corrected chi connectivity index (χ4v) is 1.01. The van der Waals surface area contributed by atoms with Crippen LogP contribution in [0.1, 0.15) is 5.56 Å². The number of nitro benzene ring substituents is 1. The van der Waals surface area contributed by atoms with Gasteiger partial charge < -0.3 is 5.73 Å². The number of primary amides is 1. The number of benzene rings is 1. The summed E-state index contributed by atoms with van der Waals surface area (Å²) in [4.78, 5) is 20.2. The Morgan fingerprint density at radius 1 is 1.50 bits per heavy atom. The van der Waals surface area contributed by atoms with Crippen LogP contribution in [0, 0.1) is 10.1 Å². The second kappa shape index (κ2) is 5.44. The number of hydrazone groups is 1. The molecule has 0 aliphatic rings. The van der Waals surface area contributed by atoms with Gasteiger partial charge in [-0.15, -0.1) is 0 Å². The van der Waals surface area contributed by atoms with Crippen molar-refractivity contribution in [3.63, 3.8) is 0 Å². The predicted octanol–water partition coefficient (Wildman–Crippen LogP) is 0.791. The van der Waals surface area contributed by atoms with Crippen LogP contribution in [0.25, 0.3) is 0 Å². The Kier molecular flexibility index (Phi) is 3.96. The molecule has 0 atom stereocenters. The second-order valence-electron chi connectivity index (χ2n) is 2.92. The number of nitrogens with one attached hydrogen (secondary N) is 1. The summed E-state index contributed by atoms with van der Waals surface area (Å²) in [5, 5.41) is 13.9. The van der Waals surface area contributed by atoms with Crippen LogP contribution in [0.15, 0.2) is 29.4 Å². The fourth-order valence-electron chi connectivity index (χ4n) is 1.01. The van der Waals surface area contributed by atoms with Gasteiger partial charge in [0, 0.05) is 24.8 Å². The van der Waals surface area contributed by atoms with Gasteiger partial charge in [-0.2, -0.15) is 5.10 Å². The van der Waals surface area contributed by atoms with E-state index >= 15 is 0 Å². The van der Waals surface area contributed by atoms with E-state index in [0.29, 0.717) is 6.42 Å². The van der Waals surface area contributed by atoms with Crippen LogP contribution in [0.3, 0.4) is 0 Å². The molecule has 0 radical (unpaired) electrons. The van der Waals surface area contributed by atoms with Gasteiger partial charge in [0.1, 0.15) is 0 Å². The van der Waals surface area contributed by atoms with Gasteiger partial charge in [-0.3, -0.25) is 10.1 Å². The minimum Gasteiger partial charge on any atom is -0.350 e. The molecule has 7 nitrogen and oxygen atoms in total. The first-order valence-corrected chi connectivity index (χ1v) is 4.40. The molecule has 84 valence electrons. The summed E-state index contributed by atoms with van der Waals surface area (Å²) < 4.78 is 0. The number of amides is 2. The predicted molar refractivity (Wildman–Crippen MR) is 58.0 cm³/mol. The summed E-state index contributed by atoms with van der Waals surface area (Å²) in [5.74, 6) is 0. The zero-order chi connectivity index (χ0) is 12.0. The number of carbonyl (C=O) groups excluding carboxylic acids is 1. The van der Waals surface area contributed by atoms with Crippen LogP contribution in [-0.4, -0.2) is 17.2 Å². The molecule has 7 heteroatoms. The number of urea groups is 1. The molecule has 0 saturated heterocycles. The molecule has 0 saturated carbocycles. The molecule has 0 heterocycles. The Hall–Kier alpha value is -2.44. The van der Waals surface area contributed by atoms with E-state index in [9.17, 15) is 14.9 Å². The van der Waals surface area contributed by atoms with Crippen LogP contribution in [0.4, 0.5) is 10.5 Å². The van der Waals surface area contributed by atoms with Gasteiger partial charge in [-0.25, -0.2) is 10.2 Å². The zero-order valence-corrected chi connectivity index (χ0v) is 8.29. The van der Waals surface area contributed by atoms with Crippen LogP contribution in [0.2, 0.25) is 0 Å². The van der Waals surface area contributed by atoms with Crippen LogP contribution in [-0.2, 0) is 6.42 Å². The third kappa shape index (κ3) is 3.74. The summed E-state index contributed by atoms with van der Waals surface area (Å²) in [7, 11) is 0. The molecule has 16 heavy (non-hydrogen) atoms. The zero-order valence-electron chi connectivity index (χ0n) is 8.29. The van der Waals surface area contributed by atoms with Crippen molar-refractivity contribution in [2.75, 3.05) is 0 Å². The SMILES string of the molecule is NC(=O)NN=CCc1ccc([N+](=O)[O-])cc1. The van der Waals surface area contributed by atoms with Gasteiger partial charge in [-0.05, 0) is 5.56 Å². The maximum absolute atomic E-state index is 10.4. The van der Waals surface area contributed by atoms with E-state index in [1.807, 2.05) is 5.43 Å². The standard InChI is InChI=1S/C9H10N4O3/c10-9(14)12-11-6-5-7-1-3-8(4-2-7)13(15)16/h1-4,6H,5H2,(H3,10,12,14). The van der Waals surface area contributed by atoms with Gasteiger partial charge in [0.25, 0.3) is 5.69 Å². The maximum atomic E-state index is 10.4. The molecular formula is C9H10N4O3. The van der Waals surface area contributed by atoms with Crippen molar-refractivity contribution in [2.24, 2.45) is 10.8 Å². The van der Waals surface area contributed by atoms with Crippen LogP contribution in [0.5, 0.6) is 0 Å². The number of hydrogen-bond acceptors (Lipinski definition) is 4. The topological polar surface area (TPSA) is 111 Å². The van der Waals surface area contributed by atoms with Gasteiger partial charge in [-0.1, -0.05) is 12.1 Å². The fraction of sp³-hybridized carbons (Fsp3) is 0.111. The lowest BCUT2D eigenvalue weighted by molar-refractivity contribution is -0.384. The van der Waals surface area contributed by atoms with Gasteiger partial charge >= 0.3 is 6.03 Å². The summed E-state index contributed by atoms with van der Waals surface area (Å²) in [6.07, 6.45) is 1.91. The lowest BCUT2D eigenvalue weighted by atomic mass is 10.1. The second-order valence-corrected chi connectivity index (χ2v) is 2.92. The molecule has 1 aromatic carbocycles. The van der Waals surface area contributed by atoms with Crippen LogP contribution < -0.4 is 11.2 Å². The maximum Gasteiger partial charge on any atom is 0.332 e. The Labute approximate surface area is 91.1 Å². The summed E-state index contributed by atoms with van der Waals surface area (Å²) in [5.41, 5.74) is 7.72. The minimum absolute atomic E-state index is 0.0379. The first-order chi connectivity index (χ1) is 7.59. The minimum atomic E-state index is -0.736. The normalized spacial score (nSPS) is 10.2. The molecule has 0 spiro atoms. The quantitative estimate of drug-likeness (QED) is 0.446. The Balaban J connectivity index is 2.52. The first kappa shape index (κ1) is 11.6. The van der Waals surface area contributed by atoms with E-state index in [2.05, 4.69) is 5.10 Å². The monoisotopic (exact) mass is 222 g/mol. The number of nitro groups is 1. The number of nitrogens with zero attached hydrogens (tertiary/aromatic N) is 2. The van der Waals surface area contributed by atoms with Crippen molar-refractivity contribution < 1.29 is 9.72 Å². The smallest absolute Gasteiger partial charge is 0.332 e. The average molecular weight is 222 g/mol. The lowest BCUT2D eigenvalue weighted by Crippen LogP contribution is -2.24. The van der Waals surface area contributed by atoms with Gasteiger partial charge in [0.2, 0.25) is 0 Å². The molecule has 0 bridgehead atoms. The molecule has 1 aromatic rings. The van der Waals surface area contributed by atoms with E-state index in [1.165, 1.54) is 18.3 Å². The van der Waals surface area contributed by atoms with Crippen molar-refractivity contribution in [1.29, 1.82) is 0 Å². The Bertz CT molecular complexity index is 413. The van der Waals surface area contributed by atoms with Crippen molar-refractivity contribution in [2.45, 2.75) is 6.42 Å². The van der Waals surface area contributed by atoms with Crippen molar-refractivity contribution in [3.05, 3.63) is 39.9 Å². The highest BCUT2D eigenvalue weighted by atomic mass is 16.6. The molecule has 0 fully saturated rings. The Morgan fingerprint density at radius 3 is 2.62 bits per heavy atom. The molecule has 0 unspecified atom stereocenters. The lowest BCUT2D eigenvalue weighted by Gasteiger charge is -1.95. The Morgan fingerprint density at radius 2 is 2.12 bits per heavy atom. The molecule has 1 rings (SSSR count). The third-order valence-corrected chi connectivity index (χ3v) is 1.74. The summed E-state index contributed by atoms with van der Waals surface area (Å²) >= 11 is 0. The van der Waals surface area contributed by atoms with E-state index in [0.717, 1.165) is 5.56 Å². The van der Waals surface area contributed by atoms with Gasteiger partial charge in [0.05, 0.1) is 4.92 Å². The van der Waals surface area contributed by atoms with Crippen molar-refractivity contribution in [1.82, 2.24) is 5.43 Å². The van der Waals surface area contributed by atoms with Gasteiger partial charge in [0.15, 0.2) is 0 Å². The van der Waals surface area contributed by atoms with E-state index in [-0.39, 0.29) is 5.69 Å².